The summed E-state index contributed by atoms with van der Waals surface area (Å²) in [5, 5.41) is 2.31. The summed E-state index contributed by atoms with van der Waals surface area (Å²) in [7, 11) is -4.45. The molecule has 0 spiro atoms. The van der Waals surface area contributed by atoms with E-state index >= 15 is 0 Å². The standard InChI is InChI=1S/C7H13NO4S/c1-3-4-5-8-7(9)6(2)13(10,11)12/h2-5H2,1H3,(H,8,9)(H,10,11,12). The third-order valence-electron chi connectivity index (χ3n) is 1.38. The van der Waals surface area contributed by atoms with Crippen molar-refractivity contribution >= 4 is 16.0 Å². The molecular formula is C7H13NO4S. The minimum Gasteiger partial charge on any atom is -0.351 e. The Morgan fingerprint density at radius 1 is 1.54 bits per heavy atom. The fourth-order valence-corrected chi connectivity index (χ4v) is 0.901. The van der Waals surface area contributed by atoms with Crippen molar-refractivity contribution in [3.05, 3.63) is 11.5 Å². The zero-order valence-corrected chi connectivity index (χ0v) is 8.23. The topological polar surface area (TPSA) is 83.5 Å². The molecule has 0 rings (SSSR count). The van der Waals surface area contributed by atoms with E-state index in [1.54, 1.807) is 0 Å². The van der Waals surface area contributed by atoms with Gasteiger partial charge in [-0.3, -0.25) is 9.35 Å². The molecule has 0 aromatic heterocycles. The highest BCUT2D eigenvalue weighted by Gasteiger charge is 2.18. The van der Waals surface area contributed by atoms with E-state index in [1.807, 2.05) is 6.92 Å². The average molecular weight is 207 g/mol. The van der Waals surface area contributed by atoms with Gasteiger partial charge in [-0.25, -0.2) is 0 Å². The van der Waals surface area contributed by atoms with Crippen molar-refractivity contribution in [3.8, 4) is 0 Å². The van der Waals surface area contributed by atoms with Gasteiger partial charge in [-0.15, -0.1) is 0 Å². The van der Waals surface area contributed by atoms with Crippen LogP contribution in [0.4, 0.5) is 0 Å². The fourth-order valence-electron chi connectivity index (χ4n) is 0.594. The van der Waals surface area contributed by atoms with Crippen LogP contribution < -0.4 is 5.32 Å². The molecule has 0 aromatic rings. The first-order valence-corrected chi connectivity index (χ1v) is 5.28. The molecule has 0 aliphatic rings. The quantitative estimate of drug-likeness (QED) is 0.386. The summed E-state index contributed by atoms with van der Waals surface area (Å²) < 4.78 is 29.2. The molecule has 0 bridgehead atoms. The van der Waals surface area contributed by atoms with Crippen LogP contribution in [-0.4, -0.2) is 25.4 Å². The summed E-state index contributed by atoms with van der Waals surface area (Å²) in [4.78, 5) is 10.1. The van der Waals surface area contributed by atoms with Gasteiger partial charge in [0, 0.05) is 6.54 Å². The second-order valence-corrected chi connectivity index (χ2v) is 3.95. The molecule has 0 aliphatic heterocycles. The van der Waals surface area contributed by atoms with E-state index in [0.29, 0.717) is 6.54 Å². The average Bonchev–Trinajstić information content (AvgIpc) is 2.01. The summed E-state index contributed by atoms with van der Waals surface area (Å²) >= 11 is 0. The molecule has 0 aliphatic carbocycles. The Hall–Kier alpha value is -0.880. The van der Waals surface area contributed by atoms with Crippen molar-refractivity contribution in [3.63, 3.8) is 0 Å². The van der Waals surface area contributed by atoms with Crippen LogP contribution in [0.5, 0.6) is 0 Å². The van der Waals surface area contributed by atoms with Crippen LogP contribution in [-0.2, 0) is 14.9 Å². The lowest BCUT2D eigenvalue weighted by Gasteiger charge is -2.03. The van der Waals surface area contributed by atoms with Gasteiger partial charge in [0.1, 0.15) is 0 Å². The number of nitrogens with one attached hydrogen (secondary N) is 1. The number of amides is 1. The summed E-state index contributed by atoms with van der Waals surface area (Å²) in [6.45, 7) is 5.27. The largest absolute Gasteiger partial charge is 0.351 e. The number of rotatable bonds is 5. The number of carbonyl (C=O) groups excluding carboxylic acids is 1. The molecule has 0 atom stereocenters. The van der Waals surface area contributed by atoms with Gasteiger partial charge in [0.2, 0.25) is 0 Å². The Balaban J connectivity index is 4.07. The summed E-state index contributed by atoms with van der Waals surface area (Å²) in [5.74, 6) is -0.851. The maximum absolute atomic E-state index is 10.9. The molecule has 0 fully saturated rings. The van der Waals surface area contributed by atoms with Crippen LogP contribution in [0.1, 0.15) is 19.8 Å². The number of hydrogen-bond donors (Lipinski definition) is 2. The molecule has 1 amide bonds. The molecule has 0 heterocycles. The van der Waals surface area contributed by atoms with Gasteiger partial charge < -0.3 is 5.32 Å². The van der Waals surface area contributed by atoms with Gasteiger partial charge in [-0.1, -0.05) is 19.9 Å². The smallest absolute Gasteiger partial charge is 0.299 e. The van der Waals surface area contributed by atoms with Crippen LogP contribution >= 0.6 is 0 Å². The normalized spacial score (nSPS) is 10.9. The van der Waals surface area contributed by atoms with E-state index in [0.717, 1.165) is 12.8 Å². The third kappa shape index (κ3) is 4.64. The van der Waals surface area contributed by atoms with E-state index in [9.17, 15) is 13.2 Å². The maximum atomic E-state index is 10.9. The molecule has 6 heteroatoms. The Morgan fingerprint density at radius 2 is 2.08 bits per heavy atom. The first-order chi connectivity index (χ1) is 5.89. The molecule has 2 N–H and O–H groups in total. The Kier molecular flexibility index (Phi) is 4.64. The van der Waals surface area contributed by atoms with Gasteiger partial charge in [0.25, 0.3) is 16.0 Å². The van der Waals surface area contributed by atoms with Gasteiger partial charge in [-0.2, -0.15) is 8.42 Å². The molecular weight excluding hydrogens is 194 g/mol. The lowest BCUT2D eigenvalue weighted by atomic mass is 10.3. The fraction of sp³-hybridized carbons (Fsp3) is 0.571. The zero-order chi connectivity index (χ0) is 10.5. The SMILES string of the molecule is C=C(C(=O)NCCCC)S(=O)(=O)O. The summed E-state index contributed by atoms with van der Waals surface area (Å²) in [5.41, 5.74) is 0. The third-order valence-corrected chi connectivity index (χ3v) is 2.19. The van der Waals surface area contributed by atoms with Crippen LogP contribution in [0.25, 0.3) is 0 Å². The van der Waals surface area contributed by atoms with Gasteiger partial charge in [-0.05, 0) is 6.42 Å². The predicted molar refractivity (Wildman–Crippen MR) is 48.6 cm³/mol. The van der Waals surface area contributed by atoms with Gasteiger partial charge >= 0.3 is 0 Å². The summed E-state index contributed by atoms with van der Waals surface area (Å²) in [6.07, 6.45) is 1.64. The Bertz CT molecular complexity index is 294. The lowest BCUT2D eigenvalue weighted by molar-refractivity contribution is -0.116. The lowest BCUT2D eigenvalue weighted by Crippen LogP contribution is -2.28. The minimum absolute atomic E-state index is 0.379. The van der Waals surface area contributed by atoms with Crippen LogP contribution in [0.2, 0.25) is 0 Å². The van der Waals surface area contributed by atoms with Crippen LogP contribution in [0.15, 0.2) is 11.5 Å². The van der Waals surface area contributed by atoms with Crippen molar-refractivity contribution < 1.29 is 17.8 Å². The van der Waals surface area contributed by atoms with Crippen molar-refractivity contribution in [1.29, 1.82) is 0 Å². The van der Waals surface area contributed by atoms with E-state index < -0.39 is 20.9 Å². The first-order valence-electron chi connectivity index (χ1n) is 3.84. The second kappa shape index (κ2) is 4.98. The Morgan fingerprint density at radius 3 is 2.46 bits per heavy atom. The van der Waals surface area contributed by atoms with Crippen LogP contribution in [0.3, 0.4) is 0 Å². The molecule has 76 valence electrons. The molecule has 0 saturated carbocycles. The molecule has 13 heavy (non-hydrogen) atoms. The van der Waals surface area contributed by atoms with Gasteiger partial charge in [0.15, 0.2) is 4.91 Å². The number of carbonyl (C=O) groups is 1. The van der Waals surface area contributed by atoms with Crippen molar-refractivity contribution in [2.75, 3.05) is 6.54 Å². The second-order valence-electron chi connectivity index (χ2n) is 2.51. The van der Waals surface area contributed by atoms with E-state index in [-0.39, 0.29) is 0 Å². The highest BCUT2D eigenvalue weighted by atomic mass is 32.2. The van der Waals surface area contributed by atoms with Crippen molar-refractivity contribution in [2.24, 2.45) is 0 Å². The number of hydrogen-bond acceptors (Lipinski definition) is 3. The monoisotopic (exact) mass is 207 g/mol. The first kappa shape index (κ1) is 12.1. The summed E-state index contributed by atoms with van der Waals surface area (Å²) in [6, 6.07) is 0. The highest BCUT2D eigenvalue weighted by Crippen LogP contribution is 1.99. The van der Waals surface area contributed by atoms with Gasteiger partial charge in [0.05, 0.1) is 0 Å². The van der Waals surface area contributed by atoms with E-state index in [2.05, 4.69) is 11.9 Å². The predicted octanol–water partition coefficient (Wildman–Crippen LogP) is 0.304. The maximum Gasteiger partial charge on any atom is 0.299 e. The highest BCUT2D eigenvalue weighted by molar-refractivity contribution is 7.90. The Labute approximate surface area is 77.6 Å². The van der Waals surface area contributed by atoms with E-state index in [1.165, 1.54) is 0 Å². The molecule has 0 unspecified atom stereocenters. The molecule has 0 saturated heterocycles. The van der Waals surface area contributed by atoms with E-state index in [4.69, 9.17) is 4.55 Å². The van der Waals surface area contributed by atoms with Crippen molar-refractivity contribution in [2.45, 2.75) is 19.8 Å². The minimum atomic E-state index is -4.45. The zero-order valence-electron chi connectivity index (χ0n) is 7.41. The molecule has 5 nitrogen and oxygen atoms in total. The van der Waals surface area contributed by atoms with Crippen molar-refractivity contribution in [1.82, 2.24) is 5.32 Å². The molecule has 0 radical (unpaired) electrons. The van der Waals surface area contributed by atoms with Crippen LogP contribution in [0, 0.1) is 0 Å². The number of unbranched alkanes of at least 4 members (excludes halogenated alkanes) is 1. The molecule has 0 aromatic carbocycles.